The van der Waals surface area contributed by atoms with Crippen LogP contribution in [0.15, 0.2) is 27.1 Å². The SMILES string of the molecule is CC(C)(C)NCc1nnc(-c2cc(Br)cc([N+](=O)[O-])c2)o1. The zero-order valence-corrected chi connectivity index (χ0v) is 13.5. The number of aromatic nitrogens is 2. The molecular formula is C13H15BrN4O3. The minimum absolute atomic E-state index is 0.0352. The maximum Gasteiger partial charge on any atom is 0.271 e. The molecule has 1 aromatic heterocycles. The van der Waals surface area contributed by atoms with Gasteiger partial charge in [-0.05, 0) is 26.8 Å². The van der Waals surface area contributed by atoms with Crippen LogP contribution in [0.1, 0.15) is 26.7 Å². The van der Waals surface area contributed by atoms with E-state index in [-0.39, 0.29) is 17.1 Å². The lowest BCUT2D eigenvalue weighted by Crippen LogP contribution is -2.35. The smallest absolute Gasteiger partial charge is 0.271 e. The molecular weight excluding hydrogens is 340 g/mol. The summed E-state index contributed by atoms with van der Waals surface area (Å²) in [6, 6.07) is 4.52. The number of hydrogen-bond donors (Lipinski definition) is 1. The van der Waals surface area contributed by atoms with Crippen molar-refractivity contribution >= 4 is 21.6 Å². The Balaban J connectivity index is 2.23. The average Bonchev–Trinajstić information content (AvgIpc) is 2.83. The van der Waals surface area contributed by atoms with E-state index in [0.717, 1.165) is 0 Å². The second-order valence-electron chi connectivity index (χ2n) is 5.56. The standard InChI is InChI=1S/C13H15BrN4O3/c1-13(2,3)15-7-11-16-17-12(21-11)8-4-9(14)6-10(5-8)18(19)20/h4-6,15H,7H2,1-3H3. The molecule has 0 bridgehead atoms. The van der Waals surface area contributed by atoms with Crippen molar-refractivity contribution in [2.24, 2.45) is 0 Å². The highest BCUT2D eigenvalue weighted by molar-refractivity contribution is 9.10. The summed E-state index contributed by atoms with van der Waals surface area (Å²) in [6.45, 7) is 6.53. The van der Waals surface area contributed by atoms with Crippen LogP contribution in [-0.2, 0) is 6.54 Å². The van der Waals surface area contributed by atoms with Crippen molar-refractivity contribution < 1.29 is 9.34 Å². The molecule has 21 heavy (non-hydrogen) atoms. The molecule has 0 saturated carbocycles. The van der Waals surface area contributed by atoms with Crippen LogP contribution < -0.4 is 5.32 Å². The van der Waals surface area contributed by atoms with Gasteiger partial charge < -0.3 is 9.73 Å². The van der Waals surface area contributed by atoms with Crippen LogP contribution in [0, 0.1) is 10.1 Å². The van der Waals surface area contributed by atoms with Crippen molar-refractivity contribution in [1.29, 1.82) is 0 Å². The van der Waals surface area contributed by atoms with Gasteiger partial charge in [-0.25, -0.2) is 0 Å². The number of benzene rings is 1. The lowest BCUT2D eigenvalue weighted by atomic mass is 10.1. The normalized spacial score (nSPS) is 11.6. The minimum atomic E-state index is -0.466. The summed E-state index contributed by atoms with van der Waals surface area (Å²) in [5, 5.41) is 22.0. The third-order valence-electron chi connectivity index (χ3n) is 2.58. The van der Waals surface area contributed by atoms with Gasteiger partial charge in [-0.15, -0.1) is 10.2 Å². The van der Waals surface area contributed by atoms with E-state index in [9.17, 15) is 10.1 Å². The van der Waals surface area contributed by atoms with Gasteiger partial charge in [0.15, 0.2) is 0 Å². The van der Waals surface area contributed by atoms with E-state index in [1.165, 1.54) is 12.1 Å². The molecule has 2 rings (SSSR count). The molecule has 112 valence electrons. The quantitative estimate of drug-likeness (QED) is 0.668. The number of nitro groups is 1. The van der Waals surface area contributed by atoms with Gasteiger partial charge in [-0.1, -0.05) is 15.9 Å². The van der Waals surface area contributed by atoms with E-state index < -0.39 is 4.92 Å². The largest absolute Gasteiger partial charge is 0.419 e. The van der Waals surface area contributed by atoms with Crippen LogP contribution in [0.4, 0.5) is 5.69 Å². The summed E-state index contributed by atoms with van der Waals surface area (Å²) < 4.78 is 6.11. The molecule has 0 spiro atoms. The first kappa shape index (κ1) is 15.6. The van der Waals surface area contributed by atoms with E-state index >= 15 is 0 Å². The molecule has 1 heterocycles. The van der Waals surface area contributed by atoms with E-state index in [2.05, 4.69) is 31.4 Å². The topological polar surface area (TPSA) is 94.1 Å². The number of nitrogens with zero attached hydrogens (tertiary/aromatic N) is 3. The molecule has 0 aliphatic carbocycles. The molecule has 0 fully saturated rings. The lowest BCUT2D eigenvalue weighted by molar-refractivity contribution is -0.384. The zero-order chi connectivity index (χ0) is 15.6. The van der Waals surface area contributed by atoms with Crippen molar-refractivity contribution in [1.82, 2.24) is 15.5 Å². The van der Waals surface area contributed by atoms with Gasteiger partial charge in [0.1, 0.15) is 0 Å². The summed E-state index contributed by atoms with van der Waals surface area (Å²) in [6.07, 6.45) is 0. The summed E-state index contributed by atoms with van der Waals surface area (Å²) >= 11 is 3.24. The Kier molecular flexibility index (Phi) is 4.38. The van der Waals surface area contributed by atoms with Crippen LogP contribution >= 0.6 is 15.9 Å². The minimum Gasteiger partial charge on any atom is -0.419 e. The molecule has 0 atom stereocenters. The third kappa shape index (κ3) is 4.33. The molecule has 7 nitrogen and oxygen atoms in total. The fraction of sp³-hybridized carbons (Fsp3) is 0.385. The van der Waals surface area contributed by atoms with E-state index in [1.54, 1.807) is 6.07 Å². The van der Waals surface area contributed by atoms with Crippen molar-refractivity contribution in [2.45, 2.75) is 32.9 Å². The van der Waals surface area contributed by atoms with Crippen molar-refractivity contribution in [2.75, 3.05) is 0 Å². The van der Waals surface area contributed by atoms with Gasteiger partial charge in [0.25, 0.3) is 5.69 Å². The predicted molar refractivity (Wildman–Crippen MR) is 80.7 cm³/mol. The molecule has 2 aromatic rings. The Bertz CT molecular complexity index is 664. The Morgan fingerprint density at radius 2 is 2.05 bits per heavy atom. The van der Waals surface area contributed by atoms with Gasteiger partial charge in [0, 0.05) is 27.7 Å². The van der Waals surface area contributed by atoms with Crippen LogP contribution in [0.2, 0.25) is 0 Å². The van der Waals surface area contributed by atoms with E-state index in [1.807, 2.05) is 20.8 Å². The first-order valence-electron chi connectivity index (χ1n) is 6.27. The molecule has 1 aromatic carbocycles. The zero-order valence-electron chi connectivity index (χ0n) is 11.9. The Labute approximate surface area is 130 Å². The van der Waals surface area contributed by atoms with Gasteiger partial charge in [-0.2, -0.15) is 0 Å². The molecule has 0 unspecified atom stereocenters. The predicted octanol–water partition coefficient (Wildman–Crippen LogP) is 3.30. The highest BCUT2D eigenvalue weighted by atomic mass is 79.9. The summed E-state index contributed by atoms with van der Waals surface area (Å²) in [7, 11) is 0. The molecule has 1 N–H and O–H groups in total. The van der Waals surface area contributed by atoms with Gasteiger partial charge >= 0.3 is 0 Å². The number of halogens is 1. The highest BCUT2D eigenvalue weighted by Gasteiger charge is 2.16. The Hall–Kier alpha value is -1.80. The van der Waals surface area contributed by atoms with E-state index in [4.69, 9.17) is 4.42 Å². The third-order valence-corrected chi connectivity index (χ3v) is 3.03. The average molecular weight is 355 g/mol. The van der Waals surface area contributed by atoms with Crippen LogP contribution in [0.5, 0.6) is 0 Å². The second kappa shape index (κ2) is 5.90. The number of nitrogens with one attached hydrogen (secondary N) is 1. The Morgan fingerprint density at radius 1 is 1.33 bits per heavy atom. The first-order valence-corrected chi connectivity index (χ1v) is 7.07. The number of non-ortho nitro benzene ring substituents is 1. The van der Waals surface area contributed by atoms with Crippen molar-refractivity contribution in [3.63, 3.8) is 0 Å². The molecule has 0 aliphatic heterocycles. The molecule has 0 amide bonds. The highest BCUT2D eigenvalue weighted by Crippen LogP contribution is 2.27. The molecule has 8 heteroatoms. The fourth-order valence-corrected chi connectivity index (χ4v) is 2.07. The maximum atomic E-state index is 10.9. The second-order valence-corrected chi connectivity index (χ2v) is 6.48. The number of rotatable bonds is 4. The molecule has 0 aliphatic rings. The van der Waals surface area contributed by atoms with Crippen LogP contribution in [0.25, 0.3) is 11.5 Å². The van der Waals surface area contributed by atoms with Crippen LogP contribution in [0.3, 0.4) is 0 Å². The summed E-state index contributed by atoms with van der Waals surface area (Å²) in [5.41, 5.74) is 0.404. The maximum absolute atomic E-state index is 10.9. The van der Waals surface area contributed by atoms with Crippen LogP contribution in [-0.4, -0.2) is 20.7 Å². The van der Waals surface area contributed by atoms with Gasteiger partial charge in [0.05, 0.1) is 11.5 Å². The van der Waals surface area contributed by atoms with E-state index in [0.29, 0.717) is 22.5 Å². The number of nitro benzene ring substituents is 1. The fourth-order valence-electron chi connectivity index (χ4n) is 1.59. The first-order chi connectivity index (χ1) is 9.74. The lowest BCUT2D eigenvalue weighted by Gasteiger charge is -2.18. The monoisotopic (exact) mass is 354 g/mol. The van der Waals surface area contributed by atoms with Gasteiger partial charge in [-0.3, -0.25) is 10.1 Å². The Morgan fingerprint density at radius 3 is 2.67 bits per heavy atom. The summed E-state index contributed by atoms with van der Waals surface area (Å²) in [5.74, 6) is 0.688. The van der Waals surface area contributed by atoms with Crippen molar-refractivity contribution in [3.8, 4) is 11.5 Å². The van der Waals surface area contributed by atoms with Crippen molar-refractivity contribution in [3.05, 3.63) is 38.7 Å². The summed E-state index contributed by atoms with van der Waals surface area (Å²) in [4.78, 5) is 10.4. The molecule has 0 radical (unpaired) electrons. The number of hydrogen-bond acceptors (Lipinski definition) is 6. The molecule has 0 saturated heterocycles. The van der Waals surface area contributed by atoms with Gasteiger partial charge in [0.2, 0.25) is 11.8 Å².